The molecule has 0 amide bonds. The second-order valence-electron chi connectivity index (χ2n) is 5.58. The van der Waals surface area contributed by atoms with Crippen LogP contribution in [-0.4, -0.2) is 21.4 Å². The Labute approximate surface area is 119 Å². The summed E-state index contributed by atoms with van der Waals surface area (Å²) in [7, 11) is 1.92. The zero-order valence-electron chi connectivity index (χ0n) is 12.8. The Morgan fingerprint density at radius 1 is 1.40 bits per heavy atom. The quantitative estimate of drug-likeness (QED) is 0.876. The van der Waals surface area contributed by atoms with Gasteiger partial charge in [-0.2, -0.15) is 5.10 Å². The van der Waals surface area contributed by atoms with Gasteiger partial charge in [0.15, 0.2) is 0 Å². The molecular formula is C15H23N3O2. The molecule has 1 atom stereocenters. The zero-order valence-corrected chi connectivity index (χ0v) is 12.8. The van der Waals surface area contributed by atoms with Crippen LogP contribution < -0.4 is 5.32 Å². The van der Waals surface area contributed by atoms with Gasteiger partial charge in [0.25, 0.3) is 0 Å². The zero-order chi connectivity index (χ0) is 14.9. The van der Waals surface area contributed by atoms with Crippen LogP contribution in [0.5, 0.6) is 0 Å². The van der Waals surface area contributed by atoms with Crippen LogP contribution in [0, 0.1) is 20.8 Å². The Morgan fingerprint density at radius 2 is 2.10 bits per heavy atom. The van der Waals surface area contributed by atoms with E-state index in [-0.39, 0.29) is 0 Å². The van der Waals surface area contributed by atoms with Crippen molar-refractivity contribution in [3.8, 4) is 0 Å². The number of hydrogen-bond acceptors (Lipinski definition) is 4. The lowest BCUT2D eigenvalue weighted by Gasteiger charge is -2.23. The van der Waals surface area contributed by atoms with E-state index in [1.807, 2.05) is 44.8 Å². The minimum atomic E-state index is -0.946. The van der Waals surface area contributed by atoms with Crippen molar-refractivity contribution in [3.05, 3.63) is 40.6 Å². The molecule has 0 bridgehead atoms. The van der Waals surface area contributed by atoms with Gasteiger partial charge >= 0.3 is 0 Å². The van der Waals surface area contributed by atoms with Crippen molar-refractivity contribution in [2.45, 2.75) is 39.8 Å². The molecule has 5 heteroatoms. The second kappa shape index (κ2) is 5.42. The summed E-state index contributed by atoms with van der Waals surface area (Å²) in [6, 6.07) is 1.90. The van der Waals surface area contributed by atoms with E-state index >= 15 is 0 Å². The van der Waals surface area contributed by atoms with E-state index in [1.54, 1.807) is 6.92 Å². The van der Waals surface area contributed by atoms with Gasteiger partial charge < -0.3 is 14.8 Å². The van der Waals surface area contributed by atoms with Gasteiger partial charge in [-0.25, -0.2) is 0 Å². The summed E-state index contributed by atoms with van der Waals surface area (Å²) in [6.07, 6.45) is 1.85. The number of aryl methyl sites for hydroxylation is 3. The number of aliphatic hydroxyl groups is 1. The number of hydrogen-bond donors (Lipinski definition) is 2. The molecule has 0 aromatic carbocycles. The van der Waals surface area contributed by atoms with E-state index in [1.165, 1.54) is 0 Å². The normalized spacial score (nSPS) is 14.5. The second-order valence-corrected chi connectivity index (χ2v) is 5.58. The van der Waals surface area contributed by atoms with Gasteiger partial charge in [-0.05, 0) is 33.8 Å². The topological polar surface area (TPSA) is 63.2 Å². The third-order valence-electron chi connectivity index (χ3n) is 3.74. The van der Waals surface area contributed by atoms with Crippen LogP contribution in [0.1, 0.15) is 35.3 Å². The van der Waals surface area contributed by atoms with E-state index in [4.69, 9.17) is 4.42 Å². The fourth-order valence-electron chi connectivity index (χ4n) is 2.42. The molecule has 2 N–H and O–H groups in total. The smallest absolute Gasteiger partial charge is 0.107 e. The van der Waals surface area contributed by atoms with Gasteiger partial charge in [-0.15, -0.1) is 0 Å². The minimum absolute atomic E-state index is 0.459. The molecule has 20 heavy (non-hydrogen) atoms. The van der Waals surface area contributed by atoms with Gasteiger partial charge in [0.05, 0.1) is 6.20 Å². The van der Waals surface area contributed by atoms with E-state index in [0.29, 0.717) is 13.1 Å². The molecule has 0 radical (unpaired) electrons. The third kappa shape index (κ3) is 2.94. The van der Waals surface area contributed by atoms with Gasteiger partial charge in [-0.1, -0.05) is 0 Å². The van der Waals surface area contributed by atoms with Crippen LogP contribution in [0.25, 0.3) is 0 Å². The van der Waals surface area contributed by atoms with Crippen LogP contribution in [0.15, 0.2) is 16.7 Å². The lowest BCUT2D eigenvalue weighted by atomic mass is 9.96. The molecule has 2 heterocycles. The molecule has 2 rings (SSSR count). The predicted molar refractivity (Wildman–Crippen MR) is 77.4 cm³/mol. The van der Waals surface area contributed by atoms with Crippen molar-refractivity contribution < 1.29 is 9.52 Å². The maximum Gasteiger partial charge on any atom is 0.107 e. The Kier molecular flexibility index (Phi) is 4.01. The number of furan rings is 1. The highest BCUT2D eigenvalue weighted by Gasteiger charge is 2.27. The Morgan fingerprint density at radius 3 is 2.60 bits per heavy atom. The van der Waals surface area contributed by atoms with Crippen molar-refractivity contribution in [1.82, 2.24) is 15.1 Å². The molecule has 110 valence electrons. The molecule has 2 aromatic heterocycles. The summed E-state index contributed by atoms with van der Waals surface area (Å²) >= 11 is 0. The lowest BCUT2D eigenvalue weighted by Crippen LogP contribution is -2.35. The average molecular weight is 277 g/mol. The maximum atomic E-state index is 10.6. The van der Waals surface area contributed by atoms with Crippen LogP contribution in [0.3, 0.4) is 0 Å². The first kappa shape index (κ1) is 14.8. The van der Waals surface area contributed by atoms with E-state index < -0.39 is 5.60 Å². The first-order valence-corrected chi connectivity index (χ1v) is 6.79. The van der Waals surface area contributed by atoms with Crippen LogP contribution in [-0.2, 0) is 19.2 Å². The summed E-state index contributed by atoms with van der Waals surface area (Å²) in [5.74, 6) is 1.59. The van der Waals surface area contributed by atoms with Crippen LogP contribution in [0.4, 0.5) is 0 Å². The fraction of sp³-hybridized carbons (Fsp3) is 0.533. The van der Waals surface area contributed by atoms with Gasteiger partial charge in [0, 0.05) is 37.0 Å². The van der Waals surface area contributed by atoms with Gasteiger partial charge in [0.1, 0.15) is 17.1 Å². The summed E-state index contributed by atoms with van der Waals surface area (Å²) < 4.78 is 7.33. The minimum Gasteiger partial charge on any atom is -0.466 e. The molecule has 0 saturated heterocycles. The molecule has 5 nitrogen and oxygen atoms in total. The average Bonchev–Trinajstić information content (AvgIpc) is 2.86. The molecule has 0 fully saturated rings. The fourth-order valence-corrected chi connectivity index (χ4v) is 2.42. The Hall–Kier alpha value is -1.59. The highest BCUT2D eigenvalue weighted by Crippen LogP contribution is 2.26. The number of nitrogens with one attached hydrogen (secondary N) is 1. The largest absolute Gasteiger partial charge is 0.466 e. The first-order chi connectivity index (χ1) is 9.31. The molecule has 2 aromatic rings. The first-order valence-electron chi connectivity index (χ1n) is 6.79. The highest BCUT2D eigenvalue weighted by molar-refractivity contribution is 5.27. The number of nitrogens with zero attached hydrogens (tertiary/aromatic N) is 2. The van der Waals surface area contributed by atoms with Crippen molar-refractivity contribution >= 4 is 0 Å². The standard InChI is InChI=1S/C15H23N3O2/c1-10-6-14(12(3)20-10)15(4,19)9-16-7-13-8-17-18(5)11(13)2/h6,8,16,19H,7,9H2,1-5H3. The molecule has 0 aliphatic carbocycles. The molecule has 1 unspecified atom stereocenters. The van der Waals surface area contributed by atoms with Crippen molar-refractivity contribution in [2.75, 3.05) is 6.54 Å². The van der Waals surface area contributed by atoms with Crippen molar-refractivity contribution in [3.63, 3.8) is 0 Å². The van der Waals surface area contributed by atoms with Crippen molar-refractivity contribution in [1.29, 1.82) is 0 Å². The summed E-state index contributed by atoms with van der Waals surface area (Å²) in [6.45, 7) is 8.74. The highest BCUT2D eigenvalue weighted by atomic mass is 16.3. The van der Waals surface area contributed by atoms with E-state index in [0.717, 1.165) is 28.3 Å². The molecular weight excluding hydrogens is 254 g/mol. The van der Waals surface area contributed by atoms with E-state index in [9.17, 15) is 5.11 Å². The summed E-state index contributed by atoms with van der Waals surface area (Å²) in [4.78, 5) is 0. The predicted octanol–water partition coefficient (Wildman–Crippen LogP) is 1.94. The Bertz CT molecular complexity index is 596. The molecule has 0 aliphatic rings. The summed E-state index contributed by atoms with van der Waals surface area (Å²) in [5, 5.41) is 18.1. The maximum absolute atomic E-state index is 10.6. The monoisotopic (exact) mass is 277 g/mol. The van der Waals surface area contributed by atoms with Crippen molar-refractivity contribution in [2.24, 2.45) is 7.05 Å². The Balaban J connectivity index is 1.99. The number of rotatable bonds is 5. The molecule has 0 aliphatic heterocycles. The van der Waals surface area contributed by atoms with Gasteiger partial charge in [0.2, 0.25) is 0 Å². The van der Waals surface area contributed by atoms with Gasteiger partial charge in [-0.3, -0.25) is 4.68 Å². The molecule has 0 saturated carbocycles. The molecule has 0 spiro atoms. The third-order valence-corrected chi connectivity index (χ3v) is 3.74. The van der Waals surface area contributed by atoms with E-state index in [2.05, 4.69) is 10.4 Å². The summed E-state index contributed by atoms with van der Waals surface area (Å²) in [5.41, 5.74) is 2.17. The SMILES string of the molecule is Cc1cc(C(C)(O)CNCc2cnn(C)c2C)c(C)o1. The van der Waals surface area contributed by atoms with Crippen LogP contribution >= 0.6 is 0 Å². The lowest BCUT2D eigenvalue weighted by molar-refractivity contribution is 0.0551. The van der Waals surface area contributed by atoms with Crippen LogP contribution in [0.2, 0.25) is 0 Å². The number of aromatic nitrogens is 2.